The third-order valence-electron chi connectivity index (χ3n) is 5.76. The molecule has 186 valence electrons. The number of rotatable bonds is 5. The highest BCUT2D eigenvalue weighted by atomic mass is 35.5. The first-order valence-corrected chi connectivity index (χ1v) is 11.3. The Morgan fingerprint density at radius 1 is 1.23 bits per heavy atom. The average molecular weight is 509 g/mol. The zero-order valence-electron chi connectivity index (χ0n) is 19.1. The predicted molar refractivity (Wildman–Crippen MR) is 125 cm³/mol. The van der Waals surface area contributed by atoms with Crippen molar-refractivity contribution in [1.82, 2.24) is 29.6 Å². The van der Waals surface area contributed by atoms with E-state index in [2.05, 4.69) is 15.1 Å². The van der Waals surface area contributed by atoms with Crippen molar-refractivity contribution in [3.8, 4) is 11.1 Å². The van der Waals surface area contributed by atoms with E-state index in [1.807, 2.05) is 26.2 Å². The number of carbonyl (C=O) groups is 1. The second-order valence-electron chi connectivity index (χ2n) is 8.50. The molecule has 1 aliphatic heterocycles. The Morgan fingerprint density at radius 2 is 1.94 bits per heavy atom. The molecule has 2 aromatic heterocycles. The molecule has 0 unspecified atom stereocenters. The van der Waals surface area contributed by atoms with Crippen LogP contribution in [0.25, 0.3) is 11.1 Å². The maximum atomic E-state index is 13.0. The van der Waals surface area contributed by atoms with Crippen molar-refractivity contribution in [2.45, 2.75) is 31.5 Å². The number of nitrogens with zero attached hydrogens (tertiary/aromatic N) is 7. The van der Waals surface area contributed by atoms with Crippen molar-refractivity contribution in [1.29, 1.82) is 0 Å². The number of benzene rings is 1. The number of aromatic nitrogens is 5. The lowest BCUT2D eigenvalue weighted by Gasteiger charge is -2.33. The number of nitrogens with two attached hydrogens (primary N) is 1. The van der Waals surface area contributed by atoms with Crippen LogP contribution in [0.2, 0.25) is 5.02 Å². The molecule has 1 fully saturated rings. The number of amides is 1. The molecule has 9 nitrogen and oxygen atoms in total. The minimum Gasteiger partial charge on any atom is -0.368 e. The van der Waals surface area contributed by atoms with Crippen molar-refractivity contribution in [3.63, 3.8) is 0 Å². The van der Waals surface area contributed by atoms with Crippen LogP contribution < -0.4 is 10.6 Å². The summed E-state index contributed by atoms with van der Waals surface area (Å²) in [7, 11) is 3.69. The summed E-state index contributed by atoms with van der Waals surface area (Å²) in [5, 5.41) is 3.96. The predicted octanol–water partition coefficient (Wildman–Crippen LogP) is 3.46. The number of carbonyl (C=O) groups excluding carboxylic acids is 1. The van der Waals surface area contributed by atoms with E-state index in [4.69, 9.17) is 22.3 Å². The molecule has 1 aromatic carbocycles. The van der Waals surface area contributed by atoms with E-state index >= 15 is 0 Å². The number of halogens is 4. The first-order valence-electron chi connectivity index (χ1n) is 10.9. The summed E-state index contributed by atoms with van der Waals surface area (Å²) in [6.07, 6.45) is -1.49. The van der Waals surface area contributed by atoms with Crippen molar-refractivity contribution in [3.05, 3.63) is 47.0 Å². The summed E-state index contributed by atoms with van der Waals surface area (Å²) in [5.74, 6) is -1.79. The van der Waals surface area contributed by atoms with Crippen LogP contribution in [0.4, 0.5) is 25.1 Å². The largest absolute Gasteiger partial charge is 0.453 e. The molecule has 2 N–H and O–H groups in total. The number of piperidine rings is 1. The lowest BCUT2D eigenvalue weighted by atomic mass is 9.90. The van der Waals surface area contributed by atoms with Gasteiger partial charge in [-0.25, -0.2) is 14.6 Å². The number of nitrogen functional groups attached to an aromatic ring is 1. The molecular formula is C22H24ClF3N8O. The zero-order chi connectivity index (χ0) is 25.3. The van der Waals surface area contributed by atoms with Gasteiger partial charge in [0, 0.05) is 49.9 Å². The van der Waals surface area contributed by atoms with Gasteiger partial charge >= 0.3 is 6.18 Å². The molecule has 35 heavy (non-hydrogen) atoms. The summed E-state index contributed by atoms with van der Waals surface area (Å²) in [6.45, 7) is 0.389. The van der Waals surface area contributed by atoms with Gasteiger partial charge in [0.25, 0.3) is 5.82 Å². The fourth-order valence-electron chi connectivity index (χ4n) is 4.01. The van der Waals surface area contributed by atoms with Crippen molar-refractivity contribution < 1.29 is 18.0 Å². The van der Waals surface area contributed by atoms with Crippen molar-refractivity contribution >= 4 is 29.4 Å². The van der Waals surface area contributed by atoms with E-state index in [-0.39, 0.29) is 5.92 Å². The number of hydrogen-bond acceptors (Lipinski definition) is 7. The molecular weight excluding hydrogens is 485 g/mol. The Balaban J connectivity index is 1.59. The first-order chi connectivity index (χ1) is 16.5. The lowest BCUT2D eigenvalue weighted by molar-refractivity contribution is -0.145. The molecule has 0 aliphatic carbocycles. The molecule has 1 aliphatic rings. The van der Waals surface area contributed by atoms with Gasteiger partial charge in [0.2, 0.25) is 17.8 Å². The van der Waals surface area contributed by atoms with Gasteiger partial charge in [-0.05, 0) is 30.5 Å². The van der Waals surface area contributed by atoms with E-state index < -0.39 is 30.4 Å². The molecule has 3 heterocycles. The smallest absolute Gasteiger partial charge is 0.368 e. The molecule has 3 aromatic rings. The van der Waals surface area contributed by atoms with Gasteiger partial charge in [0.1, 0.15) is 6.54 Å². The molecule has 0 spiro atoms. The number of likely N-dealkylation sites (tertiary alicyclic amines) is 1. The minimum atomic E-state index is -4.74. The van der Waals surface area contributed by atoms with Crippen molar-refractivity contribution in [2.75, 3.05) is 37.8 Å². The van der Waals surface area contributed by atoms with Gasteiger partial charge in [-0.2, -0.15) is 18.2 Å². The van der Waals surface area contributed by atoms with E-state index in [1.54, 1.807) is 28.1 Å². The number of anilines is 2. The van der Waals surface area contributed by atoms with Gasteiger partial charge in [-0.15, -0.1) is 5.10 Å². The van der Waals surface area contributed by atoms with E-state index in [9.17, 15) is 18.0 Å². The molecule has 0 radical (unpaired) electrons. The molecule has 13 heteroatoms. The summed E-state index contributed by atoms with van der Waals surface area (Å²) >= 11 is 6.05. The third-order valence-corrected chi connectivity index (χ3v) is 6.01. The van der Waals surface area contributed by atoms with Crippen LogP contribution >= 0.6 is 11.6 Å². The Hall–Kier alpha value is -3.41. The molecule has 0 saturated carbocycles. The van der Waals surface area contributed by atoms with E-state index in [1.165, 1.54) is 0 Å². The average Bonchev–Trinajstić information content (AvgIpc) is 3.20. The Kier molecular flexibility index (Phi) is 6.84. The molecule has 0 bridgehead atoms. The van der Waals surface area contributed by atoms with Crippen LogP contribution in [-0.2, 0) is 17.5 Å². The van der Waals surface area contributed by atoms with Crippen LogP contribution in [0, 0.1) is 0 Å². The van der Waals surface area contributed by atoms with Crippen LogP contribution in [0.5, 0.6) is 0 Å². The van der Waals surface area contributed by atoms with E-state index in [0.717, 1.165) is 27.9 Å². The third kappa shape index (κ3) is 5.47. The minimum absolute atomic E-state index is 0.0982. The Labute approximate surface area is 204 Å². The van der Waals surface area contributed by atoms with Gasteiger partial charge in [0.05, 0.1) is 5.69 Å². The maximum absolute atomic E-state index is 13.0. The SMILES string of the molecule is CN(C)c1ncc(-c2ccc(Cl)cc2)c([C@@H]2CCCN(C(=O)Cn3nc(C(F)(F)F)nc3N)C2)n1. The van der Waals surface area contributed by atoms with Crippen LogP contribution in [0.15, 0.2) is 30.5 Å². The van der Waals surface area contributed by atoms with Crippen LogP contribution in [0.1, 0.15) is 30.3 Å². The summed E-state index contributed by atoms with van der Waals surface area (Å²) in [4.78, 5) is 28.8. The standard InChI is InChI=1S/C22H24ClF3N8O/c1-32(2)21-28-10-16(13-5-7-15(23)8-6-13)18(29-21)14-4-3-9-33(11-14)17(35)12-34-20(27)30-19(31-34)22(24,25)26/h5-8,10,14H,3-4,9,11-12H2,1-2H3,(H2,27,30,31)/t14-/m1/s1. The summed E-state index contributed by atoms with van der Waals surface area (Å²) < 4.78 is 39.4. The first kappa shape index (κ1) is 24.7. The summed E-state index contributed by atoms with van der Waals surface area (Å²) in [6, 6.07) is 7.35. The maximum Gasteiger partial charge on any atom is 0.453 e. The lowest BCUT2D eigenvalue weighted by Crippen LogP contribution is -2.41. The van der Waals surface area contributed by atoms with Crippen LogP contribution in [-0.4, -0.2) is 62.7 Å². The molecule has 4 rings (SSSR count). The quantitative estimate of drug-likeness (QED) is 0.562. The highest BCUT2D eigenvalue weighted by molar-refractivity contribution is 6.30. The second kappa shape index (κ2) is 9.68. The molecule has 1 saturated heterocycles. The van der Waals surface area contributed by atoms with Crippen LogP contribution in [0.3, 0.4) is 0 Å². The van der Waals surface area contributed by atoms with E-state index in [0.29, 0.717) is 30.5 Å². The highest BCUT2D eigenvalue weighted by Gasteiger charge is 2.37. The number of hydrogen-bond donors (Lipinski definition) is 1. The zero-order valence-corrected chi connectivity index (χ0v) is 19.9. The second-order valence-corrected chi connectivity index (χ2v) is 8.93. The van der Waals surface area contributed by atoms with Gasteiger partial charge in [-0.3, -0.25) is 4.79 Å². The molecule has 1 atom stereocenters. The van der Waals surface area contributed by atoms with Crippen molar-refractivity contribution in [2.24, 2.45) is 0 Å². The fraction of sp³-hybridized carbons (Fsp3) is 0.409. The van der Waals surface area contributed by atoms with Gasteiger partial charge in [-0.1, -0.05) is 23.7 Å². The fourth-order valence-corrected chi connectivity index (χ4v) is 4.14. The number of alkyl halides is 3. The highest BCUT2D eigenvalue weighted by Crippen LogP contribution is 2.34. The normalized spacial score (nSPS) is 16.4. The van der Waals surface area contributed by atoms with Gasteiger partial charge < -0.3 is 15.5 Å². The molecule has 1 amide bonds. The van der Waals surface area contributed by atoms with Gasteiger partial charge in [0.15, 0.2) is 0 Å². The Bertz CT molecular complexity index is 1210. The topological polar surface area (TPSA) is 106 Å². The monoisotopic (exact) mass is 508 g/mol. The Morgan fingerprint density at radius 3 is 2.57 bits per heavy atom. The summed E-state index contributed by atoms with van der Waals surface area (Å²) in [5.41, 5.74) is 8.09.